The molecule has 0 spiro atoms. The molecule has 1 aromatic rings. The van der Waals surface area contributed by atoms with E-state index in [1.807, 2.05) is 13.0 Å². The molecule has 1 aliphatic rings. The highest BCUT2D eigenvalue weighted by Crippen LogP contribution is 2.51. The van der Waals surface area contributed by atoms with Gasteiger partial charge in [0.05, 0.1) is 12.7 Å². The van der Waals surface area contributed by atoms with Gasteiger partial charge in [0.15, 0.2) is 0 Å². The second-order valence-corrected chi connectivity index (χ2v) is 4.28. The van der Waals surface area contributed by atoms with Gasteiger partial charge < -0.3 is 14.9 Å². The lowest BCUT2D eigenvalue weighted by Crippen LogP contribution is -2.07. The summed E-state index contributed by atoms with van der Waals surface area (Å²) in [5.41, 5.74) is 1.49. The van der Waals surface area contributed by atoms with E-state index in [4.69, 9.17) is 4.74 Å². The standard InChI is InChI=1S/C12H16O3/c1-7-6-9(12(14)4-5-12)10(13)8(2)11(7)15-3/h6,13-14H,4-5H2,1-3H3. The summed E-state index contributed by atoms with van der Waals surface area (Å²) in [5.74, 6) is 0.859. The smallest absolute Gasteiger partial charge is 0.128 e. The minimum absolute atomic E-state index is 0.164. The SMILES string of the molecule is COc1c(C)cc(C2(O)CC2)c(O)c1C. The van der Waals surface area contributed by atoms with E-state index in [9.17, 15) is 10.2 Å². The summed E-state index contributed by atoms with van der Waals surface area (Å²) in [6.07, 6.45) is 1.46. The third-order valence-electron chi connectivity index (χ3n) is 3.10. The number of aliphatic hydroxyl groups is 1. The van der Waals surface area contributed by atoms with Crippen LogP contribution in [0, 0.1) is 13.8 Å². The zero-order valence-corrected chi connectivity index (χ0v) is 9.29. The molecule has 0 atom stereocenters. The number of ether oxygens (including phenoxy) is 1. The molecule has 3 nitrogen and oxygen atoms in total. The quantitative estimate of drug-likeness (QED) is 0.781. The second-order valence-electron chi connectivity index (χ2n) is 4.28. The van der Waals surface area contributed by atoms with Gasteiger partial charge in [-0.3, -0.25) is 0 Å². The Kier molecular flexibility index (Phi) is 2.15. The van der Waals surface area contributed by atoms with Gasteiger partial charge >= 0.3 is 0 Å². The first-order chi connectivity index (χ1) is 6.99. The number of hydrogen-bond donors (Lipinski definition) is 2. The van der Waals surface area contributed by atoms with Crippen LogP contribution in [0.1, 0.15) is 29.5 Å². The van der Waals surface area contributed by atoms with E-state index < -0.39 is 5.60 Å². The molecule has 0 bridgehead atoms. The molecule has 0 aliphatic heterocycles. The van der Waals surface area contributed by atoms with Crippen LogP contribution in [0.25, 0.3) is 0 Å². The Balaban J connectivity index is 2.59. The summed E-state index contributed by atoms with van der Waals surface area (Å²) in [6.45, 7) is 3.72. The molecule has 0 unspecified atom stereocenters. The second kappa shape index (κ2) is 3.14. The van der Waals surface area contributed by atoms with E-state index in [2.05, 4.69) is 0 Å². The Morgan fingerprint density at radius 1 is 1.33 bits per heavy atom. The summed E-state index contributed by atoms with van der Waals surface area (Å²) in [6, 6.07) is 1.81. The van der Waals surface area contributed by atoms with Gasteiger partial charge in [-0.2, -0.15) is 0 Å². The van der Waals surface area contributed by atoms with Gasteiger partial charge in [0.25, 0.3) is 0 Å². The van der Waals surface area contributed by atoms with Gasteiger partial charge in [-0.15, -0.1) is 0 Å². The molecule has 0 radical (unpaired) electrons. The molecule has 0 aromatic heterocycles. The van der Waals surface area contributed by atoms with Crippen molar-refractivity contribution in [2.45, 2.75) is 32.3 Å². The van der Waals surface area contributed by atoms with Crippen molar-refractivity contribution in [1.82, 2.24) is 0 Å². The third kappa shape index (κ3) is 1.47. The summed E-state index contributed by atoms with van der Waals surface area (Å²) < 4.78 is 5.20. The number of hydrogen-bond acceptors (Lipinski definition) is 3. The van der Waals surface area contributed by atoms with Crippen molar-refractivity contribution in [3.63, 3.8) is 0 Å². The molecule has 1 fully saturated rings. The molecule has 1 aliphatic carbocycles. The third-order valence-corrected chi connectivity index (χ3v) is 3.10. The van der Waals surface area contributed by atoms with Gasteiger partial charge in [-0.05, 0) is 38.3 Å². The fourth-order valence-corrected chi connectivity index (χ4v) is 2.01. The Labute approximate surface area is 89.3 Å². The summed E-state index contributed by atoms with van der Waals surface area (Å²) >= 11 is 0. The van der Waals surface area contributed by atoms with Crippen molar-refractivity contribution in [1.29, 1.82) is 0 Å². The molecule has 15 heavy (non-hydrogen) atoms. The van der Waals surface area contributed by atoms with Crippen molar-refractivity contribution in [2.24, 2.45) is 0 Å². The van der Waals surface area contributed by atoms with E-state index in [0.717, 1.165) is 18.4 Å². The van der Waals surface area contributed by atoms with Crippen LogP contribution >= 0.6 is 0 Å². The zero-order chi connectivity index (χ0) is 11.2. The lowest BCUT2D eigenvalue weighted by molar-refractivity contribution is 0.147. The number of phenols is 1. The van der Waals surface area contributed by atoms with Gasteiger partial charge in [-0.25, -0.2) is 0 Å². The van der Waals surface area contributed by atoms with Crippen LogP contribution in [0.3, 0.4) is 0 Å². The lowest BCUT2D eigenvalue weighted by Gasteiger charge is -2.17. The molecule has 3 heteroatoms. The molecule has 0 amide bonds. The Morgan fingerprint density at radius 2 is 1.93 bits per heavy atom. The fourth-order valence-electron chi connectivity index (χ4n) is 2.01. The average molecular weight is 208 g/mol. The molecular formula is C12H16O3. The average Bonchev–Trinajstić information content (AvgIpc) is 2.92. The highest BCUT2D eigenvalue weighted by Gasteiger charge is 2.44. The fraction of sp³-hybridized carbons (Fsp3) is 0.500. The molecule has 1 saturated carbocycles. The van der Waals surface area contributed by atoms with E-state index in [0.29, 0.717) is 16.9 Å². The number of phenolic OH excluding ortho intramolecular Hbond substituents is 1. The summed E-state index contributed by atoms with van der Waals surface area (Å²) in [4.78, 5) is 0. The maximum Gasteiger partial charge on any atom is 0.128 e. The molecule has 82 valence electrons. The molecular weight excluding hydrogens is 192 g/mol. The van der Waals surface area contributed by atoms with E-state index in [-0.39, 0.29) is 5.75 Å². The van der Waals surface area contributed by atoms with Crippen LogP contribution < -0.4 is 4.74 Å². The topological polar surface area (TPSA) is 49.7 Å². The van der Waals surface area contributed by atoms with Gasteiger partial charge in [0.2, 0.25) is 0 Å². The van der Waals surface area contributed by atoms with Crippen molar-refractivity contribution in [3.8, 4) is 11.5 Å². The Hall–Kier alpha value is -1.22. The molecule has 2 N–H and O–H groups in total. The predicted octanol–water partition coefficient (Wildman–Crippen LogP) is 2.00. The van der Waals surface area contributed by atoms with Gasteiger partial charge in [-0.1, -0.05) is 0 Å². The number of benzene rings is 1. The van der Waals surface area contributed by atoms with Crippen LogP contribution in [0.4, 0.5) is 0 Å². The van der Waals surface area contributed by atoms with Crippen LogP contribution in [0.5, 0.6) is 11.5 Å². The minimum atomic E-state index is -0.800. The van der Waals surface area contributed by atoms with Crippen LogP contribution in [0.2, 0.25) is 0 Å². The first-order valence-corrected chi connectivity index (χ1v) is 5.09. The highest BCUT2D eigenvalue weighted by molar-refractivity contribution is 5.55. The number of methoxy groups -OCH3 is 1. The van der Waals surface area contributed by atoms with Crippen LogP contribution in [-0.2, 0) is 5.60 Å². The molecule has 1 aromatic carbocycles. The van der Waals surface area contributed by atoms with Crippen LogP contribution in [-0.4, -0.2) is 17.3 Å². The highest BCUT2D eigenvalue weighted by atomic mass is 16.5. The van der Waals surface area contributed by atoms with Crippen molar-refractivity contribution < 1.29 is 14.9 Å². The first-order valence-electron chi connectivity index (χ1n) is 5.09. The Bertz CT molecular complexity index is 406. The maximum atomic E-state index is 9.99. The summed E-state index contributed by atoms with van der Waals surface area (Å²) in [5, 5.41) is 20.0. The van der Waals surface area contributed by atoms with Crippen LogP contribution in [0.15, 0.2) is 6.07 Å². The maximum absolute atomic E-state index is 9.99. The Morgan fingerprint density at radius 3 is 2.40 bits per heavy atom. The number of aromatic hydroxyl groups is 1. The predicted molar refractivity (Wildman–Crippen MR) is 57.3 cm³/mol. The minimum Gasteiger partial charge on any atom is -0.507 e. The molecule has 0 heterocycles. The monoisotopic (exact) mass is 208 g/mol. The largest absolute Gasteiger partial charge is 0.507 e. The normalized spacial score (nSPS) is 17.6. The van der Waals surface area contributed by atoms with Gasteiger partial charge in [0.1, 0.15) is 11.5 Å². The summed E-state index contributed by atoms with van der Waals surface area (Å²) in [7, 11) is 1.58. The first kappa shape index (κ1) is 10.3. The van der Waals surface area contributed by atoms with Gasteiger partial charge in [0, 0.05) is 11.1 Å². The van der Waals surface area contributed by atoms with Crippen molar-refractivity contribution in [3.05, 3.63) is 22.8 Å². The van der Waals surface area contributed by atoms with E-state index in [1.165, 1.54) is 0 Å². The number of aryl methyl sites for hydroxylation is 1. The lowest BCUT2D eigenvalue weighted by atomic mass is 9.99. The van der Waals surface area contributed by atoms with E-state index in [1.54, 1.807) is 14.0 Å². The van der Waals surface area contributed by atoms with Crippen molar-refractivity contribution in [2.75, 3.05) is 7.11 Å². The number of rotatable bonds is 2. The molecule has 2 rings (SSSR count). The molecule has 0 saturated heterocycles. The zero-order valence-electron chi connectivity index (χ0n) is 9.29. The van der Waals surface area contributed by atoms with E-state index >= 15 is 0 Å². The van der Waals surface area contributed by atoms with Crippen molar-refractivity contribution >= 4 is 0 Å².